The molecule has 0 aromatic heterocycles. The lowest BCUT2D eigenvalue weighted by Gasteiger charge is -2.01. The third kappa shape index (κ3) is 2.50. The SMILES string of the molecule is CNCc1cc(Br)ccc1[N+](=O)[O-]. The number of nitro benzene ring substituents is 1. The van der Waals surface area contributed by atoms with E-state index in [9.17, 15) is 10.1 Å². The van der Waals surface area contributed by atoms with E-state index in [0.29, 0.717) is 12.1 Å². The number of halogens is 1. The molecule has 0 aliphatic carbocycles. The molecule has 1 N–H and O–H groups in total. The van der Waals surface area contributed by atoms with Crippen LogP contribution in [-0.2, 0) is 6.54 Å². The Morgan fingerprint density at radius 1 is 1.62 bits per heavy atom. The Morgan fingerprint density at radius 3 is 2.85 bits per heavy atom. The van der Waals surface area contributed by atoms with Crippen molar-refractivity contribution in [3.63, 3.8) is 0 Å². The maximum Gasteiger partial charge on any atom is 0.273 e. The van der Waals surface area contributed by atoms with E-state index in [1.54, 1.807) is 19.2 Å². The van der Waals surface area contributed by atoms with Gasteiger partial charge in [-0.25, -0.2) is 0 Å². The van der Waals surface area contributed by atoms with E-state index in [2.05, 4.69) is 21.2 Å². The number of nitrogens with one attached hydrogen (secondary N) is 1. The van der Waals surface area contributed by atoms with Gasteiger partial charge in [-0.2, -0.15) is 0 Å². The van der Waals surface area contributed by atoms with Gasteiger partial charge in [-0.15, -0.1) is 0 Å². The van der Waals surface area contributed by atoms with Gasteiger partial charge in [-0.3, -0.25) is 10.1 Å². The summed E-state index contributed by atoms with van der Waals surface area (Å²) in [4.78, 5) is 10.2. The third-order valence-corrected chi connectivity index (χ3v) is 2.10. The molecule has 70 valence electrons. The van der Waals surface area contributed by atoms with Crippen molar-refractivity contribution in [3.05, 3.63) is 38.3 Å². The molecular formula is C8H9BrN2O2. The molecule has 0 atom stereocenters. The zero-order valence-corrected chi connectivity index (χ0v) is 8.67. The van der Waals surface area contributed by atoms with Gasteiger partial charge in [0.05, 0.1) is 4.92 Å². The Bertz CT molecular complexity index is 328. The Morgan fingerprint density at radius 2 is 2.31 bits per heavy atom. The van der Waals surface area contributed by atoms with E-state index in [1.165, 1.54) is 6.07 Å². The highest BCUT2D eigenvalue weighted by atomic mass is 79.9. The summed E-state index contributed by atoms with van der Waals surface area (Å²) in [5.74, 6) is 0. The minimum Gasteiger partial charge on any atom is -0.315 e. The summed E-state index contributed by atoms with van der Waals surface area (Å²) in [6.07, 6.45) is 0. The van der Waals surface area contributed by atoms with Crippen LogP contribution >= 0.6 is 15.9 Å². The first-order chi connectivity index (χ1) is 6.15. The molecule has 1 aromatic rings. The van der Waals surface area contributed by atoms with Crippen molar-refractivity contribution in [2.24, 2.45) is 0 Å². The minimum atomic E-state index is -0.376. The summed E-state index contributed by atoms with van der Waals surface area (Å²) < 4.78 is 0.850. The molecule has 0 aliphatic heterocycles. The van der Waals surface area contributed by atoms with E-state index in [0.717, 1.165) is 4.47 Å². The van der Waals surface area contributed by atoms with Crippen LogP contribution in [0.1, 0.15) is 5.56 Å². The highest BCUT2D eigenvalue weighted by Crippen LogP contribution is 2.22. The van der Waals surface area contributed by atoms with Crippen molar-refractivity contribution < 1.29 is 4.92 Å². The zero-order valence-electron chi connectivity index (χ0n) is 7.08. The van der Waals surface area contributed by atoms with Crippen LogP contribution in [0.3, 0.4) is 0 Å². The molecule has 4 nitrogen and oxygen atoms in total. The monoisotopic (exact) mass is 244 g/mol. The van der Waals surface area contributed by atoms with E-state index in [1.807, 2.05) is 0 Å². The molecule has 0 saturated carbocycles. The molecular weight excluding hydrogens is 236 g/mol. The van der Waals surface area contributed by atoms with Crippen molar-refractivity contribution in [2.75, 3.05) is 7.05 Å². The van der Waals surface area contributed by atoms with Crippen LogP contribution in [0.4, 0.5) is 5.69 Å². The molecule has 13 heavy (non-hydrogen) atoms. The molecule has 0 heterocycles. The average molecular weight is 245 g/mol. The minimum absolute atomic E-state index is 0.151. The molecule has 0 spiro atoms. The number of rotatable bonds is 3. The summed E-state index contributed by atoms with van der Waals surface area (Å²) in [5, 5.41) is 13.5. The number of benzene rings is 1. The molecule has 0 aliphatic rings. The summed E-state index contributed by atoms with van der Waals surface area (Å²) >= 11 is 3.27. The number of hydrogen-bond donors (Lipinski definition) is 1. The van der Waals surface area contributed by atoms with Gasteiger partial charge in [0.1, 0.15) is 0 Å². The van der Waals surface area contributed by atoms with Gasteiger partial charge in [0.25, 0.3) is 5.69 Å². The van der Waals surface area contributed by atoms with Crippen molar-refractivity contribution in [2.45, 2.75) is 6.54 Å². The fraction of sp³-hybridized carbons (Fsp3) is 0.250. The Balaban J connectivity index is 3.10. The lowest BCUT2D eigenvalue weighted by Crippen LogP contribution is -2.07. The van der Waals surface area contributed by atoms with E-state index in [4.69, 9.17) is 0 Å². The Hall–Kier alpha value is -0.940. The third-order valence-electron chi connectivity index (χ3n) is 1.61. The smallest absolute Gasteiger partial charge is 0.273 e. The van der Waals surface area contributed by atoms with Crippen molar-refractivity contribution in [1.29, 1.82) is 0 Å². The van der Waals surface area contributed by atoms with Crippen molar-refractivity contribution in [3.8, 4) is 0 Å². The molecule has 1 rings (SSSR count). The highest BCUT2D eigenvalue weighted by Gasteiger charge is 2.12. The second kappa shape index (κ2) is 4.34. The molecule has 0 radical (unpaired) electrons. The van der Waals surface area contributed by atoms with Crippen LogP contribution in [0.15, 0.2) is 22.7 Å². The van der Waals surface area contributed by atoms with Crippen LogP contribution in [0.5, 0.6) is 0 Å². The van der Waals surface area contributed by atoms with E-state index in [-0.39, 0.29) is 10.6 Å². The Labute approximate surface area is 84.2 Å². The quantitative estimate of drug-likeness (QED) is 0.655. The van der Waals surface area contributed by atoms with Crippen LogP contribution in [0.2, 0.25) is 0 Å². The summed E-state index contributed by atoms with van der Waals surface area (Å²) in [7, 11) is 1.75. The molecule has 0 bridgehead atoms. The molecule has 1 aromatic carbocycles. The maximum absolute atomic E-state index is 10.6. The highest BCUT2D eigenvalue weighted by molar-refractivity contribution is 9.10. The predicted octanol–water partition coefficient (Wildman–Crippen LogP) is 2.08. The zero-order chi connectivity index (χ0) is 9.84. The van der Waals surface area contributed by atoms with Crippen LogP contribution in [0, 0.1) is 10.1 Å². The summed E-state index contributed by atoms with van der Waals surface area (Å²) in [6.45, 7) is 0.496. The lowest BCUT2D eigenvalue weighted by molar-refractivity contribution is -0.385. The summed E-state index contributed by atoms with van der Waals surface area (Å²) in [5.41, 5.74) is 0.833. The fourth-order valence-corrected chi connectivity index (χ4v) is 1.47. The van der Waals surface area contributed by atoms with Gasteiger partial charge in [0.2, 0.25) is 0 Å². The van der Waals surface area contributed by atoms with Crippen molar-refractivity contribution in [1.82, 2.24) is 5.32 Å². The number of hydrogen-bond acceptors (Lipinski definition) is 3. The maximum atomic E-state index is 10.6. The molecule has 0 amide bonds. The molecule has 0 fully saturated rings. The first-order valence-corrected chi connectivity index (χ1v) is 4.52. The van der Waals surface area contributed by atoms with Gasteiger partial charge in [-0.05, 0) is 19.2 Å². The molecule has 0 unspecified atom stereocenters. The van der Waals surface area contributed by atoms with Gasteiger partial charge in [0.15, 0.2) is 0 Å². The first-order valence-electron chi connectivity index (χ1n) is 3.72. The van der Waals surface area contributed by atoms with Gasteiger partial charge >= 0.3 is 0 Å². The van der Waals surface area contributed by atoms with E-state index < -0.39 is 0 Å². The largest absolute Gasteiger partial charge is 0.315 e. The Kier molecular flexibility index (Phi) is 3.39. The fourth-order valence-electron chi connectivity index (χ4n) is 1.06. The molecule has 5 heteroatoms. The van der Waals surface area contributed by atoms with Gasteiger partial charge in [-0.1, -0.05) is 15.9 Å². The normalized spacial score (nSPS) is 10.0. The van der Waals surface area contributed by atoms with Crippen LogP contribution in [-0.4, -0.2) is 12.0 Å². The van der Waals surface area contributed by atoms with Crippen LogP contribution in [0.25, 0.3) is 0 Å². The number of nitro groups is 1. The predicted molar refractivity (Wildman–Crippen MR) is 53.6 cm³/mol. The first kappa shape index (κ1) is 10.1. The standard InChI is InChI=1S/C8H9BrN2O2/c1-10-5-6-4-7(9)2-3-8(6)11(12)13/h2-4,10H,5H2,1H3. The average Bonchev–Trinajstić information content (AvgIpc) is 2.04. The topological polar surface area (TPSA) is 55.2 Å². The van der Waals surface area contributed by atoms with Gasteiger partial charge < -0.3 is 5.32 Å². The summed E-state index contributed by atoms with van der Waals surface area (Å²) in [6, 6.07) is 4.91. The van der Waals surface area contributed by atoms with Crippen molar-refractivity contribution >= 4 is 21.6 Å². The lowest BCUT2D eigenvalue weighted by atomic mass is 10.2. The number of nitrogens with zero attached hydrogens (tertiary/aromatic N) is 1. The second-order valence-electron chi connectivity index (χ2n) is 2.56. The molecule has 0 saturated heterocycles. The second-order valence-corrected chi connectivity index (χ2v) is 3.48. The van der Waals surface area contributed by atoms with Crippen LogP contribution < -0.4 is 5.32 Å². The van der Waals surface area contributed by atoms with E-state index >= 15 is 0 Å². The van der Waals surface area contributed by atoms with Gasteiger partial charge in [0, 0.05) is 22.6 Å².